The quantitative estimate of drug-likeness (QED) is 0.681. The zero-order chi connectivity index (χ0) is 14.1. The van der Waals surface area contributed by atoms with Crippen molar-refractivity contribution in [3.63, 3.8) is 0 Å². The Kier molecular flexibility index (Phi) is 7.82. The van der Waals surface area contributed by atoms with Gasteiger partial charge in [0.2, 0.25) is 0 Å². The van der Waals surface area contributed by atoms with E-state index in [2.05, 4.69) is 5.32 Å². The smallest absolute Gasteiger partial charge is 0.120 e. The Balaban J connectivity index is 2.16. The van der Waals surface area contributed by atoms with Crippen molar-refractivity contribution in [3.05, 3.63) is 28.3 Å². The molecule has 108 valence electrons. The summed E-state index contributed by atoms with van der Waals surface area (Å²) >= 11 is 6.10. The molecule has 0 fully saturated rings. The molecule has 0 heterocycles. The van der Waals surface area contributed by atoms with Crippen molar-refractivity contribution in [2.75, 3.05) is 39.5 Å². The Morgan fingerprint density at radius 3 is 2.42 bits per heavy atom. The summed E-state index contributed by atoms with van der Waals surface area (Å²) < 4.78 is 11.1. The zero-order valence-electron chi connectivity index (χ0n) is 11.7. The van der Waals surface area contributed by atoms with Gasteiger partial charge < -0.3 is 20.5 Å². The molecule has 0 aliphatic carbocycles. The highest BCUT2D eigenvalue weighted by atomic mass is 35.5. The van der Waals surface area contributed by atoms with Crippen LogP contribution in [0.15, 0.2) is 12.1 Å². The van der Waals surface area contributed by atoms with Crippen molar-refractivity contribution >= 4 is 11.6 Å². The first-order chi connectivity index (χ1) is 9.15. The van der Waals surface area contributed by atoms with E-state index in [1.54, 1.807) is 0 Å². The molecule has 0 atom stereocenters. The molecule has 1 aromatic rings. The van der Waals surface area contributed by atoms with Crippen LogP contribution >= 0.6 is 11.6 Å². The van der Waals surface area contributed by atoms with E-state index in [0.717, 1.165) is 35.0 Å². The second-order valence-corrected chi connectivity index (χ2v) is 4.75. The SMILES string of the molecule is Cc1cc(OCCOCCNCCN)cc(C)c1Cl. The van der Waals surface area contributed by atoms with Crippen LogP contribution in [0.25, 0.3) is 0 Å². The van der Waals surface area contributed by atoms with Gasteiger partial charge in [0.05, 0.1) is 13.2 Å². The van der Waals surface area contributed by atoms with Crippen LogP contribution in [0.2, 0.25) is 5.02 Å². The Bertz CT molecular complexity index is 363. The molecule has 4 nitrogen and oxygen atoms in total. The van der Waals surface area contributed by atoms with E-state index in [1.807, 2.05) is 26.0 Å². The third-order valence-corrected chi connectivity index (χ3v) is 3.25. The maximum Gasteiger partial charge on any atom is 0.120 e. The topological polar surface area (TPSA) is 56.5 Å². The van der Waals surface area contributed by atoms with E-state index in [9.17, 15) is 0 Å². The summed E-state index contributed by atoms with van der Waals surface area (Å²) in [6, 6.07) is 3.89. The average molecular weight is 287 g/mol. The van der Waals surface area contributed by atoms with Crippen LogP contribution in [-0.4, -0.2) is 39.5 Å². The summed E-state index contributed by atoms with van der Waals surface area (Å²) in [5, 5.41) is 3.96. The monoisotopic (exact) mass is 286 g/mol. The van der Waals surface area contributed by atoms with Crippen LogP contribution in [0.4, 0.5) is 0 Å². The Morgan fingerprint density at radius 2 is 1.79 bits per heavy atom. The fraction of sp³-hybridized carbons (Fsp3) is 0.571. The second kappa shape index (κ2) is 9.15. The van der Waals surface area contributed by atoms with Gasteiger partial charge in [-0.05, 0) is 37.1 Å². The van der Waals surface area contributed by atoms with Gasteiger partial charge in [0.25, 0.3) is 0 Å². The van der Waals surface area contributed by atoms with Gasteiger partial charge in [0.15, 0.2) is 0 Å². The van der Waals surface area contributed by atoms with Gasteiger partial charge in [-0.3, -0.25) is 0 Å². The van der Waals surface area contributed by atoms with Crippen LogP contribution in [0.1, 0.15) is 11.1 Å². The molecule has 0 radical (unpaired) electrons. The Labute approximate surface area is 120 Å². The first kappa shape index (κ1) is 16.2. The number of halogens is 1. The summed E-state index contributed by atoms with van der Waals surface area (Å²) in [7, 11) is 0. The molecule has 3 N–H and O–H groups in total. The highest BCUT2D eigenvalue weighted by molar-refractivity contribution is 6.32. The summed E-state index contributed by atoms with van der Waals surface area (Å²) in [6.45, 7) is 8.02. The number of rotatable bonds is 9. The summed E-state index contributed by atoms with van der Waals surface area (Å²) in [5.74, 6) is 0.837. The number of hydrogen-bond donors (Lipinski definition) is 2. The van der Waals surface area contributed by atoms with Crippen LogP contribution < -0.4 is 15.8 Å². The first-order valence-electron chi connectivity index (χ1n) is 6.53. The van der Waals surface area contributed by atoms with E-state index >= 15 is 0 Å². The Hall–Kier alpha value is -0.810. The normalized spacial score (nSPS) is 10.7. The number of hydrogen-bond acceptors (Lipinski definition) is 4. The van der Waals surface area contributed by atoms with Crippen LogP contribution in [0, 0.1) is 13.8 Å². The molecule has 5 heteroatoms. The molecule has 0 bridgehead atoms. The van der Waals surface area contributed by atoms with E-state index in [1.165, 1.54) is 0 Å². The lowest BCUT2D eigenvalue weighted by Gasteiger charge is -2.10. The largest absolute Gasteiger partial charge is 0.491 e. The lowest BCUT2D eigenvalue weighted by molar-refractivity contribution is 0.102. The minimum absolute atomic E-state index is 0.539. The van der Waals surface area contributed by atoms with Gasteiger partial charge in [-0.2, -0.15) is 0 Å². The first-order valence-corrected chi connectivity index (χ1v) is 6.91. The predicted molar refractivity (Wildman–Crippen MR) is 79.2 cm³/mol. The predicted octanol–water partition coefficient (Wildman–Crippen LogP) is 1.90. The van der Waals surface area contributed by atoms with Crippen molar-refractivity contribution in [2.24, 2.45) is 5.73 Å². The van der Waals surface area contributed by atoms with Gasteiger partial charge in [-0.1, -0.05) is 11.6 Å². The number of benzene rings is 1. The zero-order valence-corrected chi connectivity index (χ0v) is 12.4. The van der Waals surface area contributed by atoms with Crippen molar-refractivity contribution in [1.29, 1.82) is 0 Å². The lowest BCUT2D eigenvalue weighted by atomic mass is 10.1. The molecule has 0 aliphatic heterocycles. The molecular weight excluding hydrogens is 264 g/mol. The molecule has 0 spiro atoms. The molecule has 0 saturated carbocycles. The molecule has 1 rings (SSSR count). The van der Waals surface area contributed by atoms with Crippen molar-refractivity contribution < 1.29 is 9.47 Å². The second-order valence-electron chi connectivity index (χ2n) is 4.37. The highest BCUT2D eigenvalue weighted by Gasteiger charge is 2.03. The fourth-order valence-corrected chi connectivity index (χ4v) is 1.79. The molecule has 19 heavy (non-hydrogen) atoms. The molecule has 0 aliphatic rings. The van der Waals surface area contributed by atoms with E-state index in [4.69, 9.17) is 26.8 Å². The number of aryl methyl sites for hydroxylation is 2. The highest BCUT2D eigenvalue weighted by Crippen LogP contribution is 2.25. The molecular formula is C14H23ClN2O2. The minimum atomic E-state index is 0.539. The summed E-state index contributed by atoms with van der Waals surface area (Å²) in [4.78, 5) is 0. The lowest BCUT2D eigenvalue weighted by Crippen LogP contribution is -2.26. The van der Waals surface area contributed by atoms with E-state index in [0.29, 0.717) is 26.4 Å². The minimum Gasteiger partial charge on any atom is -0.491 e. The maximum atomic E-state index is 6.10. The molecule has 0 amide bonds. The van der Waals surface area contributed by atoms with Crippen LogP contribution in [0.5, 0.6) is 5.75 Å². The number of nitrogens with two attached hydrogens (primary N) is 1. The van der Waals surface area contributed by atoms with Gasteiger partial charge in [0.1, 0.15) is 12.4 Å². The van der Waals surface area contributed by atoms with Crippen molar-refractivity contribution in [3.8, 4) is 5.75 Å². The third-order valence-electron chi connectivity index (χ3n) is 2.65. The molecule has 1 aromatic carbocycles. The van der Waals surface area contributed by atoms with Crippen molar-refractivity contribution in [2.45, 2.75) is 13.8 Å². The molecule has 0 saturated heterocycles. The summed E-state index contributed by atoms with van der Waals surface area (Å²) in [6.07, 6.45) is 0. The van der Waals surface area contributed by atoms with Crippen molar-refractivity contribution in [1.82, 2.24) is 5.32 Å². The summed E-state index contributed by atoms with van der Waals surface area (Å²) in [5.41, 5.74) is 7.42. The standard InChI is InChI=1S/C14H23ClN2O2/c1-11-9-13(10-12(2)14(11)15)19-8-7-18-6-5-17-4-3-16/h9-10,17H,3-8,16H2,1-2H3. The van der Waals surface area contributed by atoms with Crippen LogP contribution in [-0.2, 0) is 4.74 Å². The molecule has 0 unspecified atom stereocenters. The maximum absolute atomic E-state index is 6.10. The number of nitrogens with one attached hydrogen (secondary N) is 1. The van der Waals surface area contributed by atoms with Gasteiger partial charge >= 0.3 is 0 Å². The third kappa shape index (κ3) is 6.25. The average Bonchev–Trinajstić information content (AvgIpc) is 2.39. The van der Waals surface area contributed by atoms with E-state index in [-0.39, 0.29) is 0 Å². The fourth-order valence-electron chi connectivity index (χ4n) is 1.68. The number of ether oxygens (including phenoxy) is 2. The molecule has 0 aromatic heterocycles. The van der Waals surface area contributed by atoms with Gasteiger partial charge in [-0.25, -0.2) is 0 Å². The van der Waals surface area contributed by atoms with Gasteiger partial charge in [-0.15, -0.1) is 0 Å². The van der Waals surface area contributed by atoms with Crippen LogP contribution in [0.3, 0.4) is 0 Å². The Morgan fingerprint density at radius 1 is 1.11 bits per heavy atom. The van der Waals surface area contributed by atoms with Gasteiger partial charge in [0, 0.05) is 24.7 Å². The van der Waals surface area contributed by atoms with E-state index < -0.39 is 0 Å².